The Morgan fingerprint density at radius 1 is 1.37 bits per heavy atom. The van der Waals surface area contributed by atoms with Gasteiger partial charge in [-0.1, -0.05) is 35.5 Å². The third-order valence-corrected chi connectivity index (χ3v) is 5.27. The lowest BCUT2D eigenvalue weighted by Crippen LogP contribution is -2.46. The van der Waals surface area contributed by atoms with E-state index in [1.165, 1.54) is 23.6 Å². The van der Waals surface area contributed by atoms with Crippen molar-refractivity contribution in [2.75, 3.05) is 12.9 Å². The van der Waals surface area contributed by atoms with E-state index < -0.39 is 12.0 Å². The van der Waals surface area contributed by atoms with Crippen molar-refractivity contribution in [2.45, 2.75) is 25.0 Å². The number of carbonyl (C=O) groups is 2. The molecule has 2 heterocycles. The van der Waals surface area contributed by atoms with Gasteiger partial charge in [-0.2, -0.15) is 0 Å². The number of urea groups is 1. The summed E-state index contributed by atoms with van der Waals surface area (Å²) in [6.45, 7) is 3.91. The van der Waals surface area contributed by atoms with Gasteiger partial charge in [0.15, 0.2) is 0 Å². The van der Waals surface area contributed by atoms with Gasteiger partial charge in [-0.05, 0) is 35.4 Å². The second-order valence-electron chi connectivity index (χ2n) is 6.15. The summed E-state index contributed by atoms with van der Waals surface area (Å²) >= 11 is 1.32. The second kappa shape index (κ2) is 7.78. The van der Waals surface area contributed by atoms with Gasteiger partial charge >= 0.3 is 12.0 Å². The quantitative estimate of drug-likeness (QED) is 0.588. The number of hydrogen-bond acceptors (Lipinski definition) is 7. The smallest absolute Gasteiger partial charge is 0.338 e. The number of methoxy groups -OCH3 is 1. The molecule has 3 rings (SSSR count). The van der Waals surface area contributed by atoms with Gasteiger partial charge in [0.1, 0.15) is 0 Å². The normalized spacial score (nSPS) is 16.7. The predicted octanol–water partition coefficient (Wildman–Crippen LogP) is 1.40. The second-order valence-corrected chi connectivity index (χ2v) is 7.09. The lowest BCUT2D eigenvalue weighted by Gasteiger charge is -2.30. The van der Waals surface area contributed by atoms with Crippen molar-refractivity contribution in [3.05, 3.63) is 46.2 Å². The molecule has 0 bridgehead atoms. The highest BCUT2D eigenvalue weighted by Gasteiger charge is 2.34. The Labute approximate surface area is 160 Å². The number of nitrogens with one attached hydrogen (secondary N) is 2. The standard InChI is InChI=1S/C17H20N6O3S/c1-9-5-6-10(2)11(7-9)14-13(15(24)26-4)12(18-16(25)19-14)8-27-17-20-21-22-23(17)3/h5-7,14H,8H2,1-4H3,(H2,18,19,25)/t14-/m1/s1. The van der Waals surface area contributed by atoms with Crippen molar-refractivity contribution < 1.29 is 14.3 Å². The molecule has 142 valence electrons. The summed E-state index contributed by atoms with van der Waals surface area (Å²) in [6, 6.07) is 4.94. The van der Waals surface area contributed by atoms with Crippen LogP contribution in [0.15, 0.2) is 34.6 Å². The molecule has 10 heteroatoms. The highest BCUT2D eigenvalue weighted by molar-refractivity contribution is 7.99. The van der Waals surface area contributed by atoms with Crippen LogP contribution in [-0.4, -0.2) is 45.1 Å². The van der Waals surface area contributed by atoms with E-state index in [-0.39, 0.29) is 6.03 Å². The number of tetrazole rings is 1. The number of rotatable bonds is 5. The lowest BCUT2D eigenvalue weighted by atomic mass is 9.91. The first-order valence-corrected chi connectivity index (χ1v) is 9.20. The summed E-state index contributed by atoms with van der Waals surface area (Å²) in [5.74, 6) is -0.187. The Hall–Kier alpha value is -2.88. The molecule has 1 aromatic carbocycles. The van der Waals surface area contributed by atoms with Crippen molar-refractivity contribution in [3.63, 3.8) is 0 Å². The van der Waals surface area contributed by atoms with Crippen molar-refractivity contribution in [2.24, 2.45) is 7.05 Å². The third-order valence-electron chi connectivity index (χ3n) is 4.23. The van der Waals surface area contributed by atoms with E-state index in [9.17, 15) is 9.59 Å². The van der Waals surface area contributed by atoms with Crippen molar-refractivity contribution in [1.29, 1.82) is 0 Å². The van der Waals surface area contributed by atoms with Crippen LogP contribution in [0.5, 0.6) is 0 Å². The van der Waals surface area contributed by atoms with Crippen molar-refractivity contribution in [1.82, 2.24) is 30.8 Å². The van der Waals surface area contributed by atoms with E-state index in [0.717, 1.165) is 16.7 Å². The summed E-state index contributed by atoms with van der Waals surface area (Å²) in [5, 5.41) is 17.4. The van der Waals surface area contributed by atoms with E-state index in [2.05, 4.69) is 26.2 Å². The minimum Gasteiger partial charge on any atom is -0.466 e. The average Bonchev–Trinajstić information content (AvgIpc) is 3.05. The van der Waals surface area contributed by atoms with Gasteiger partial charge in [-0.3, -0.25) is 0 Å². The van der Waals surface area contributed by atoms with E-state index >= 15 is 0 Å². The van der Waals surface area contributed by atoms with E-state index in [4.69, 9.17) is 4.74 Å². The maximum Gasteiger partial charge on any atom is 0.338 e. The topological polar surface area (TPSA) is 111 Å². The molecule has 0 radical (unpaired) electrons. The maximum absolute atomic E-state index is 12.6. The van der Waals surface area contributed by atoms with Crippen molar-refractivity contribution >= 4 is 23.8 Å². The number of hydrogen-bond donors (Lipinski definition) is 2. The van der Waals surface area contributed by atoms with Gasteiger partial charge in [0, 0.05) is 18.5 Å². The van der Waals surface area contributed by atoms with Gasteiger partial charge in [0.2, 0.25) is 5.16 Å². The SMILES string of the molecule is COC(=O)C1=C(CSc2nnnn2C)NC(=O)N[C@@H]1c1cc(C)ccc1C. The molecule has 2 amide bonds. The molecule has 27 heavy (non-hydrogen) atoms. The van der Waals surface area contributed by atoms with Gasteiger partial charge < -0.3 is 15.4 Å². The minimum atomic E-state index is -0.598. The number of thioether (sulfide) groups is 1. The molecule has 0 saturated carbocycles. The van der Waals surface area contributed by atoms with Crippen LogP contribution in [0.3, 0.4) is 0 Å². The predicted molar refractivity (Wildman–Crippen MR) is 98.9 cm³/mol. The zero-order valence-corrected chi connectivity index (χ0v) is 16.3. The van der Waals surface area contributed by atoms with Gasteiger partial charge in [0.05, 0.1) is 18.7 Å². The van der Waals surface area contributed by atoms with Crippen LogP contribution in [0.25, 0.3) is 0 Å². The van der Waals surface area contributed by atoms with Crippen LogP contribution in [-0.2, 0) is 16.6 Å². The molecular formula is C17H20N6O3S. The molecule has 9 nitrogen and oxygen atoms in total. The Balaban J connectivity index is 2.03. The number of amides is 2. The molecule has 1 aliphatic heterocycles. The number of carbonyl (C=O) groups excluding carboxylic acids is 2. The van der Waals surface area contributed by atoms with E-state index in [1.54, 1.807) is 7.05 Å². The molecule has 1 aromatic heterocycles. The first-order valence-electron chi connectivity index (χ1n) is 8.22. The van der Waals surface area contributed by atoms with Crippen LogP contribution >= 0.6 is 11.8 Å². The van der Waals surface area contributed by atoms with Gasteiger partial charge in [-0.15, -0.1) is 5.10 Å². The third kappa shape index (κ3) is 3.95. The molecule has 0 aliphatic carbocycles. The minimum absolute atomic E-state index is 0.313. The fraction of sp³-hybridized carbons (Fsp3) is 0.353. The van der Waals surface area contributed by atoms with Gasteiger partial charge in [0.25, 0.3) is 0 Å². The van der Waals surface area contributed by atoms with Crippen LogP contribution in [0.2, 0.25) is 0 Å². The first-order chi connectivity index (χ1) is 12.9. The van der Waals surface area contributed by atoms with Crippen LogP contribution in [0.1, 0.15) is 22.7 Å². The monoisotopic (exact) mass is 388 g/mol. The largest absolute Gasteiger partial charge is 0.466 e. The molecule has 0 saturated heterocycles. The Morgan fingerprint density at radius 3 is 2.81 bits per heavy atom. The number of aromatic nitrogens is 4. The summed E-state index contributed by atoms with van der Waals surface area (Å²) in [4.78, 5) is 24.8. The molecule has 2 aromatic rings. The van der Waals surface area contributed by atoms with Gasteiger partial charge in [-0.25, -0.2) is 14.3 Å². The zero-order chi connectivity index (χ0) is 19.6. The highest BCUT2D eigenvalue weighted by Crippen LogP contribution is 2.32. The number of nitrogens with zero attached hydrogens (tertiary/aromatic N) is 4. The zero-order valence-electron chi connectivity index (χ0n) is 15.4. The Morgan fingerprint density at radius 2 is 2.15 bits per heavy atom. The Kier molecular flexibility index (Phi) is 5.45. The maximum atomic E-state index is 12.6. The molecule has 0 unspecified atom stereocenters. The highest BCUT2D eigenvalue weighted by atomic mass is 32.2. The summed E-state index contributed by atoms with van der Waals surface area (Å²) < 4.78 is 6.52. The van der Waals surface area contributed by atoms with Crippen LogP contribution in [0, 0.1) is 13.8 Å². The summed E-state index contributed by atoms with van der Waals surface area (Å²) in [7, 11) is 3.04. The molecular weight excluding hydrogens is 368 g/mol. The fourth-order valence-electron chi connectivity index (χ4n) is 2.87. The molecule has 1 aliphatic rings. The summed E-state index contributed by atoms with van der Waals surface area (Å²) in [6.07, 6.45) is 0. The fourth-order valence-corrected chi connectivity index (χ4v) is 3.69. The van der Waals surface area contributed by atoms with Crippen LogP contribution < -0.4 is 10.6 Å². The van der Waals surface area contributed by atoms with E-state index in [0.29, 0.717) is 22.2 Å². The van der Waals surface area contributed by atoms with E-state index in [1.807, 2.05) is 32.0 Å². The number of ether oxygens (including phenoxy) is 1. The number of benzene rings is 1. The molecule has 2 N–H and O–H groups in total. The van der Waals surface area contributed by atoms with Crippen LogP contribution in [0.4, 0.5) is 4.79 Å². The average molecular weight is 388 g/mol. The number of esters is 1. The number of aryl methyl sites for hydroxylation is 3. The molecule has 0 spiro atoms. The molecule has 0 fully saturated rings. The first kappa shape index (κ1) is 18.9. The lowest BCUT2D eigenvalue weighted by molar-refractivity contribution is -0.136. The molecule has 1 atom stereocenters. The van der Waals surface area contributed by atoms with Crippen molar-refractivity contribution in [3.8, 4) is 0 Å². The summed E-state index contributed by atoms with van der Waals surface area (Å²) in [5.41, 5.74) is 3.71. The Bertz CT molecular complexity index is 923.